The summed E-state index contributed by atoms with van der Waals surface area (Å²) in [6.07, 6.45) is 1.14. The Bertz CT molecular complexity index is 499. The third-order valence-corrected chi connectivity index (χ3v) is 3.96. The molecule has 0 atom stereocenters. The van der Waals surface area contributed by atoms with E-state index in [1.54, 1.807) is 11.3 Å². The van der Waals surface area contributed by atoms with Crippen molar-refractivity contribution in [1.29, 1.82) is 0 Å². The van der Waals surface area contributed by atoms with Crippen LogP contribution in [0.5, 0.6) is 5.75 Å². The average molecular weight is 340 g/mol. The van der Waals surface area contributed by atoms with E-state index in [9.17, 15) is 0 Å². The zero-order chi connectivity index (χ0) is 13.5. The molecule has 0 saturated heterocycles. The van der Waals surface area contributed by atoms with Crippen LogP contribution < -0.4 is 10.1 Å². The first-order valence-corrected chi connectivity index (χ1v) is 8.16. The van der Waals surface area contributed by atoms with Crippen LogP contribution >= 0.6 is 27.3 Å². The first-order chi connectivity index (χ1) is 9.29. The van der Waals surface area contributed by atoms with Crippen molar-refractivity contribution < 1.29 is 4.74 Å². The van der Waals surface area contributed by atoms with Crippen LogP contribution in [0.3, 0.4) is 0 Å². The molecule has 2 aromatic rings. The molecule has 1 aromatic heterocycles. The van der Waals surface area contributed by atoms with E-state index in [1.165, 1.54) is 11.1 Å². The molecule has 2 nitrogen and oxygen atoms in total. The molecule has 0 aliphatic heterocycles. The maximum Gasteiger partial charge on any atom is 0.124 e. The topological polar surface area (TPSA) is 21.3 Å². The number of ether oxygens (including phenoxy) is 1. The Labute approximate surface area is 126 Å². The van der Waals surface area contributed by atoms with Gasteiger partial charge in [-0.25, -0.2) is 0 Å². The van der Waals surface area contributed by atoms with Gasteiger partial charge in [-0.15, -0.1) is 0 Å². The second kappa shape index (κ2) is 7.68. The summed E-state index contributed by atoms with van der Waals surface area (Å²) in [7, 11) is 0. The molecule has 0 spiro atoms. The van der Waals surface area contributed by atoms with E-state index in [-0.39, 0.29) is 0 Å². The fraction of sp³-hybridized carbons (Fsp3) is 0.333. The molecule has 0 aliphatic rings. The average Bonchev–Trinajstić information content (AvgIpc) is 2.91. The number of hydrogen-bond acceptors (Lipinski definition) is 3. The molecule has 19 heavy (non-hydrogen) atoms. The monoisotopic (exact) mass is 339 g/mol. The van der Waals surface area contributed by atoms with Crippen LogP contribution in [0.15, 0.2) is 39.5 Å². The quantitative estimate of drug-likeness (QED) is 0.745. The highest BCUT2D eigenvalue weighted by Gasteiger charge is 2.05. The van der Waals surface area contributed by atoms with Gasteiger partial charge in [0.2, 0.25) is 0 Å². The summed E-state index contributed by atoms with van der Waals surface area (Å²) < 4.78 is 7.00. The van der Waals surface area contributed by atoms with E-state index >= 15 is 0 Å². The van der Waals surface area contributed by atoms with Gasteiger partial charge in [0.05, 0.1) is 0 Å². The molecule has 2 rings (SSSR count). The van der Waals surface area contributed by atoms with Gasteiger partial charge in [-0.2, -0.15) is 11.3 Å². The Morgan fingerprint density at radius 3 is 2.95 bits per heavy atom. The Balaban J connectivity index is 2.01. The first-order valence-electron chi connectivity index (χ1n) is 6.42. The molecule has 0 saturated carbocycles. The minimum Gasteiger partial charge on any atom is -0.489 e. The zero-order valence-electron chi connectivity index (χ0n) is 11.0. The molecule has 0 fully saturated rings. The van der Waals surface area contributed by atoms with E-state index in [0.717, 1.165) is 29.7 Å². The van der Waals surface area contributed by atoms with E-state index in [0.29, 0.717) is 6.61 Å². The van der Waals surface area contributed by atoms with Crippen molar-refractivity contribution in [1.82, 2.24) is 5.32 Å². The van der Waals surface area contributed by atoms with Gasteiger partial charge in [0, 0.05) is 16.6 Å². The first kappa shape index (κ1) is 14.6. The van der Waals surface area contributed by atoms with Crippen molar-refractivity contribution in [2.75, 3.05) is 6.54 Å². The van der Waals surface area contributed by atoms with E-state index in [2.05, 4.69) is 51.1 Å². The van der Waals surface area contributed by atoms with Crippen LogP contribution in [-0.2, 0) is 13.2 Å². The van der Waals surface area contributed by atoms with Crippen molar-refractivity contribution in [2.45, 2.75) is 26.5 Å². The Hall–Kier alpha value is -0.840. The van der Waals surface area contributed by atoms with Crippen LogP contribution in [0.1, 0.15) is 24.5 Å². The van der Waals surface area contributed by atoms with Crippen LogP contribution in [0, 0.1) is 0 Å². The fourth-order valence-corrected chi connectivity index (χ4v) is 2.82. The maximum absolute atomic E-state index is 5.91. The lowest BCUT2D eigenvalue weighted by molar-refractivity contribution is 0.302. The van der Waals surface area contributed by atoms with Gasteiger partial charge in [0.25, 0.3) is 0 Å². The number of hydrogen-bond donors (Lipinski definition) is 1. The molecular weight excluding hydrogens is 322 g/mol. The van der Waals surface area contributed by atoms with E-state index < -0.39 is 0 Å². The standard InChI is InChI=1S/C15H18BrNOS/c1-2-6-17-9-13-8-14(16)3-4-15(13)18-10-12-5-7-19-11-12/h3-5,7-8,11,17H,2,6,9-10H2,1H3. The molecule has 1 heterocycles. The number of thiophene rings is 1. The molecule has 1 N–H and O–H groups in total. The van der Waals surface area contributed by atoms with Crippen molar-refractivity contribution in [3.05, 3.63) is 50.6 Å². The normalized spacial score (nSPS) is 10.6. The van der Waals surface area contributed by atoms with Gasteiger partial charge in [-0.3, -0.25) is 0 Å². The summed E-state index contributed by atoms with van der Waals surface area (Å²) in [5.41, 5.74) is 2.42. The molecular formula is C15H18BrNOS. The molecule has 0 radical (unpaired) electrons. The molecule has 0 bridgehead atoms. The highest BCUT2D eigenvalue weighted by Crippen LogP contribution is 2.24. The lowest BCUT2D eigenvalue weighted by Gasteiger charge is -2.12. The van der Waals surface area contributed by atoms with Gasteiger partial charge < -0.3 is 10.1 Å². The molecule has 0 unspecified atom stereocenters. The van der Waals surface area contributed by atoms with Crippen molar-refractivity contribution in [2.24, 2.45) is 0 Å². The van der Waals surface area contributed by atoms with Crippen LogP contribution in [0.4, 0.5) is 0 Å². The number of benzene rings is 1. The SMILES string of the molecule is CCCNCc1cc(Br)ccc1OCc1ccsc1. The highest BCUT2D eigenvalue weighted by atomic mass is 79.9. The van der Waals surface area contributed by atoms with Gasteiger partial charge in [0.15, 0.2) is 0 Å². The second-order valence-electron chi connectivity index (χ2n) is 4.35. The minimum absolute atomic E-state index is 0.631. The Morgan fingerprint density at radius 2 is 2.21 bits per heavy atom. The number of rotatable bonds is 7. The smallest absolute Gasteiger partial charge is 0.124 e. The van der Waals surface area contributed by atoms with Crippen LogP contribution in [-0.4, -0.2) is 6.54 Å². The predicted molar refractivity (Wildman–Crippen MR) is 84.8 cm³/mol. The van der Waals surface area contributed by atoms with Gasteiger partial charge in [-0.05, 0) is 53.6 Å². The van der Waals surface area contributed by atoms with E-state index in [1.807, 2.05) is 12.1 Å². The number of halogens is 1. The summed E-state index contributed by atoms with van der Waals surface area (Å²) >= 11 is 5.21. The summed E-state index contributed by atoms with van der Waals surface area (Å²) in [6, 6.07) is 8.26. The highest BCUT2D eigenvalue weighted by molar-refractivity contribution is 9.10. The van der Waals surface area contributed by atoms with Gasteiger partial charge in [-0.1, -0.05) is 22.9 Å². The lowest BCUT2D eigenvalue weighted by atomic mass is 10.2. The third kappa shape index (κ3) is 4.64. The zero-order valence-corrected chi connectivity index (χ0v) is 13.4. The summed E-state index contributed by atoms with van der Waals surface area (Å²) in [4.78, 5) is 0. The maximum atomic E-state index is 5.91. The molecule has 0 amide bonds. The van der Waals surface area contributed by atoms with Crippen molar-refractivity contribution in [3.8, 4) is 5.75 Å². The van der Waals surface area contributed by atoms with Gasteiger partial charge in [0.1, 0.15) is 12.4 Å². The van der Waals surface area contributed by atoms with E-state index in [4.69, 9.17) is 4.74 Å². The lowest BCUT2D eigenvalue weighted by Crippen LogP contribution is -2.14. The van der Waals surface area contributed by atoms with Crippen molar-refractivity contribution >= 4 is 27.3 Å². The Morgan fingerprint density at radius 1 is 1.32 bits per heavy atom. The predicted octanol–water partition coefficient (Wildman–Crippen LogP) is 4.59. The number of nitrogens with one attached hydrogen (secondary N) is 1. The van der Waals surface area contributed by atoms with Crippen molar-refractivity contribution in [3.63, 3.8) is 0 Å². The minimum atomic E-state index is 0.631. The Kier molecular flexibility index (Phi) is 5.89. The summed E-state index contributed by atoms with van der Waals surface area (Å²) in [5.74, 6) is 0.956. The third-order valence-electron chi connectivity index (χ3n) is 2.74. The molecule has 4 heteroatoms. The fourth-order valence-electron chi connectivity index (χ4n) is 1.76. The summed E-state index contributed by atoms with van der Waals surface area (Å²) in [6.45, 7) is 4.66. The molecule has 0 aliphatic carbocycles. The van der Waals surface area contributed by atoms with Gasteiger partial charge >= 0.3 is 0 Å². The van der Waals surface area contributed by atoms with Crippen LogP contribution in [0.25, 0.3) is 0 Å². The summed E-state index contributed by atoms with van der Waals surface area (Å²) in [5, 5.41) is 7.61. The molecule has 102 valence electrons. The largest absolute Gasteiger partial charge is 0.489 e. The van der Waals surface area contributed by atoms with Crippen LogP contribution in [0.2, 0.25) is 0 Å². The second-order valence-corrected chi connectivity index (χ2v) is 6.04. The molecule has 1 aromatic carbocycles.